The predicted octanol–water partition coefficient (Wildman–Crippen LogP) is 2.34. The van der Waals surface area contributed by atoms with E-state index in [-0.39, 0.29) is 11.3 Å². The molecule has 1 amide bonds. The predicted molar refractivity (Wildman–Crippen MR) is 72.6 cm³/mol. The lowest BCUT2D eigenvalue weighted by Gasteiger charge is -2.31. The molecular formula is C14H24N2O2. The van der Waals surface area contributed by atoms with Gasteiger partial charge in [0.1, 0.15) is 11.5 Å². The molecule has 1 aromatic rings. The maximum Gasteiger partial charge on any atom is 0.257 e. The molecule has 4 nitrogen and oxygen atoms in total. The zero-order chi connectivity index (χ0) is 13.9. The van der Waals surface area contributed by atoms with Crippen molar-refractivity contribution < 1.29 is 9.21 Å². The van der Waals surface area contributed by atoms with Crippen LogP contribution in [0, 0.1) is 19.3 Å². The number of carbonyl (C=O) groups is 1. The van der Waals surface area contributed by atoms with Crippen LogP contribution in [0.3, 0.4) is 0 Å². The first-order chi connectivity index (χ1) is 8.30. The molecule has 1 heterocycles. The van der Waals surface area contributed by atoms with Gasteiger partial charge in [-0.1, -0.05) is 13.8 Å². The number of nitrogens with two attached hydrogens (primary N) is 1. The first-order valence-electron chi connectivity index (χ1n) is 6.37. The van der Waals surface area contributed by atoms with Crippen molar-refractivity contribution >= 4 is 5.91 Å². The Kier molecular flexibility index (Phi) is 4.57. The van der Waals surface area contributed by atoms with E-state index in [0.717, 1.165) is 5.76 Å². The van der Waals surface area contributed by atoms with Crippen molar-refractivity contribution in [1.82, 2.24) is 4.90 Å². The molecule has 0 fully saturated rings. The zero-order valence-electron chi connectivity index (χ0n) is 12.0. The van der Waals surface area contributed by atoms with Gasteiger partial charge in [0, 0.05) is 13.1 Å². The van der Waals surface area contributed by atoms with Crippen LogP contribution in [0.2, 0.25) is 0 Å². The van der Waals surface area contributed by atoms with Crippen molar-refractivity contribution in [3.63, 3.8) is 0 Å². The van der Waals surface area contributed by atoms with Crippen LogP contribution < -0.4 is 5.73 Å². The Morgan fingerprint density at radius 1 is 1.44 bits per heavy atom. The largest absolute Gasteiger partial charge is 0.466 e. The Morgan fingerprint density at radius 2 is 2.06 bits per heavy atom. The minimum Gasteiger partial charge on any atom is -0.466 e. The highest BCUT2D eigenvalue weighted by Crippen LogP contribution is 2.20. The molecule has 18 heavy (non-hydrogen) atoms. The molecule has 4 heteroatoms. The molecule has 0 radical (unpaired) electrons. The number of furan rings is 1. The van der Waals surface area contributed by atoms with Gasteiger partial charge in [0.15, 0.2) is 0 Å². The summed E-state index contributed by atoms with van der Waals surface area (Å²) in [4.78, 5) is 14.3. The third kappa shape index (κ3) is 3.35. The van der Waals surface area contributed by atoms with Crippen LogP contribution in [-0.4, -0.2) is 30.4 Å². The van der Waals surface area contributed by atoms with Crippen LogP contribution >= 0.6 is 0 Å². The smallest absolute Gasteiger partial charge is 0.257 e. The molecule has 0 aliphatic heterocycles. The highest BCUT2D eigenvalue weighted by atomic mass is 16.3. The van der Waals surface area contributed by atoms with Gasteiger partial charge in [-0.3, -0.25) is 4.79 Å². The van der Waals surface area contributed by atoms with E-state index in [1.54, 1.807) is 6.07 Å². The highest BCUT2D eigenvalue weighted by molar-refractivity contribution is 5.95. The molecule has 0 spiro atoms. The van der Waals surface area contributed by atoms with Gasteiger partial charge in [-0.15, -0.1) is 0 Å². The molecule has 0 unspecified atom stereocenters. The fraction of sp³-hybridized carbons (Fsp3) is 0.643. The summed E-state index contributed by atoms with van der Waals surface area (Å²) in [7, 11) is 0. The molecule has 0 aromatic carbocycles. The van der Waals surface area contributed by atoms with E-state index in [2.05, 4.69) is 13.8 Å². The lowest BCUT2D eigenvalue weighted by Crippen LogP contribution is -2.42. The van der Waals surface area contributed by atoms with Crippen molar-refractivity contribution in [3.05, 3.63) is 23.2 Å². The van der Waals surface area contributed by atoms with Crippen molar-refractivity contribution in [3.8, 4) is 0 Å². The molecule has 0 aliphatic rings. The molecule has 0 atom stereocenters. The van der Waals surface area contributed by atoms with Gasteiger partial charge in [0.2, 0.25) is 0 Å². The molecule has 102 valence electrons. The molecular weight excluding hydrogens is 228 g/mol. The molecule has 1 aromatic heterocycles. The molecule has 0 aliphatic carbocycles. The second-order valence-corrected chi connectivity index (χ2v) is 5.51. The number of carbonyl (C=O) groups excluding carboxylic acids is 1. The first kappa shape index (κ1) is 14.8. The van der Waals surface area contributed by atoms with Crippen molar-refractivity contribution in [2.75, 3.05) is 19.6 Å². The Morgan fingerprint density at radius 3 is 2.44 bits per heavy atom. The summed E-state index contributed by atoms with van der Waals surface area (Å²) in [6, 6.07) is 1.80. The van der Waals surface area contributed by atoms with E-state index >= 15 is 0 Å². The minimum absolute atomic E-state index is 0.0216. The van der Waals surface area contributed by atoms with Gasteiger partial charge in [-0.05, 0) is 38.8 Å². The van der Waals surface area contributed by atoms with Gasteiger partial charge in [-0.2, -0.15) is 0 Å². The number of hydrogen-bond donors (Lipinski definition) is 1. The van der Waals surface area contributed by atoms with Gasteiger partial charge < -0.3 is 15.1 Å². The maximum absolute atomic E-state index is 12.4. The molecule has 0 saturated carbocycles. The third-order valence-corrected chi connectivity index (χ3v) is 3.11. The van der Waals surface area contributed by atoms with E-state index < -0.39 is 0 Å². The monoisotopic (exact) mass is 252 g/mol. The van der Waals surface area contributed by atoms with Crippen LogP contribution in [0.15, 0.2) is 10.5 Å². The number of hydrogen-bond acceptors (Lipinski definition) is 3. The van der Waals surface area contributed by atoms with Crippen molar-refractivity contribution in [1.29, 1.82) is 0 Å². The van der Waals surface area contributed by atoms with E-state index in [9.17, 15) is 4.79 Å². The lowest BCUT2D eigenvalue weighted by molar-refractivity contribution is 0.0699. The summed E-state index contributed by atoms with van der Waals surface area (Å²) in [5.74, 6) is 1.47. The Labute approximate surface area is 109 Å². The number of amides is 1. The lowest BCUT2D eigenvalue weighted by atomic mass is 9.93. The standard InChI is InChI=1S/C14H24N2O2/c1-6-16(9-14(4,5)8-15)13(17)12-7-10(2)18-11(12)3/h7H,6,8-9,15H2,1-5H3. The summed E-state index contributed by atoms with van der Waals surface area (Å²) in [5.41, 5.74) is 6.31. The Hall–Kier alpha value is -1.29. The van der Waals surface area contributed by atoms with E-state index in [1.165, 1.54) is 0 Å². The average molecular weight is 252 g/mol. The number of aryl methyl sites for hydroxylation is 2. The van der Waals surface area contributed by atoms with Crippen molar-refractivity contribution in [2.24, 2.45) is 11.1 Å². The van der Waals surface area contributed by atoms with Crippen LogP contribution in [0.1, 0.15) is 42.6 Å². The summed E-state index contributed by atoms with van der Waals surface area (Å²) in [6.07, 6.45) is 0. The van der Waals surface area contributed by atoms with E-state index in [4.69, 9.17) is 10.2 Å². The van der Waals surface area contributed by atoms with E-state index in [1.807, 2.05) is 25.7 Å². The average Bonchev–Trinajstić information content (AvgIpc) is 2.64. The molecule has 0 saturated heterocycles. The maximum atomic E-state index is 12.4. The van der Waals surface area contributed by atoms with Crippen LogP contribution in [-0.2, 0) is 0 Å². The highest BCUT2D eigenvalue weighted by Gasteiger charge is 2.25. The minimum atomic E-state index is -0.0711. The number of rotatable bonds is 5. The third-order valence-electron chi connectivity index (χ3n) is 3.11. The zero-order valence-corrected chi connectivity index (χ0v) is 12.0. The van der Waals surface area contributed by atoms with Gasteiger partial charge >= 0.3 is 0 Å². The Bertz CT molecular complexity index is 421. The van der Waals surface area contributed by atoms with Gasteiger partial charge in [0.05, 0.1) is 5.56 Å². The quantitative estimate of drug-likeness (QED) is 0.875. The normalized spacial score (nSPS) is 11.7. The van der Waals surface area contributed by atoms with Crippen molar-refractivity contribution in [2.45, 2.75) is 34.6 Å². The fourth-order valence-corrected chi connectivity index (χ4v) is 1.92. The van der Waals surface area contributed by atoms with Crippen LogP contribution in [0.4, 0.5) is 0 Å². The number of nitrogens with zero attached hydrogens (tertiary/aromatic N) is 1. The molecule has 2 N–H and O–H groups in total. The SMILES string of the molecule is CCN(CC(C)(C)CN)C(=O)c1cc(C)oc1C. The fourth-order valence-electron chi connectivity index (χ4n) is 1.92. The summed E-state index contributed by atoms with van der Waals surface area (Å²) in [6.45, 7) is 11.7. The Balaban J connectivity index is 2.89. The van der Waals surface area contributed by atoms with E-state index in [0.29, 0.717) is 31.0 Å². The van der Waals surface area contributed by atoms with Gasteiger partial charge in [0.25, 0.3) is 5.91 Å². The first-order valence-corrected chi connectivity index (χ1v) is 6.37. The summed E-state index contributed by atoms with van der Waals surface area (Å²) < 4.78 is 5.41. The van der Waals surface area contributed by atoms with Crippen LogP contribution in [0.5, 0.6) is 0 Å². The summed E-state index contributed by atoms with van der Waals surface area (Å²) in [5, 5.41) is 0. The molecule has 0 bridgehead atoms. The topological polar surface area (TPSA) is 59.5 Å². The molecule has 1 rings (SSSR count). The second-order valence-electron chi connectivity index (χ2n) is 5.51. The summed E-state index contributed by atoms with van der Waals surface area (Å²) >= 11 is 0. The second kappa shape index (κ2) is 5.57. The van der Waals surface area contributed by atoms with Crippen LogP contribution in [0.25, 0.3) is 0 Å². The van der Waals surface area contributed by atoms with Gasteiger partial charge in [-0.25, -0.2) is 0 Å².